The number of carbonyl (C=O) groups is 1. The molecular formula is C15H14N4O2. The molecule has 106 valence electrons. The Labute approximate surface area is 121 Å². The number of benzene rings is 1. The normalized spacial score (nSPS) is 9.86. The summed E-state index contributed by atoms with van der Waals surface area (Å²) in [6.45, 7) is 0.452. The van der Waals surface area contributed by atoms with Crippen LogP contribution in [0.1, 0.15) is 18.4 Å². The van der Waals surface area contributed by atoms with Crippen molar-refractivity contribution in [3.63, 3.8) is 0 Å². The van der Waals surface area contributed by atoms with Crippen molar-refractivity contribution in [1.29, 1.82) is 5.26 Å². The van der Waals surface area contributed by atoms with Crippen LogP contribution in [0.5, 0.6) is 0 Å². The molecule has 0 radical (unpaired) electrons. The Morgan fingerprint density at radius 2 is 2.05 bits per heavy atom. The average molecular weight is 282 g/mol. The van der Waals surface area contributed by atoms with E-state index in [0.717, 1.165) is 0 Å². The highest BCUT2D eigenvalue weighted by Crippen LogP contribution is 2.09. The number of amides is 1. The van der Waals surface area contributed by atoms with E-state index < -0.39 is 0 Å². The summed E-state index contributed by atoms with van der Waals surface area (Å²) in [7, 11) is 0. The highest BCUT2D eigenvalue weighted by molar-refractivity contribution is 5.90. The van der Waals surface area contributed by atoms with E-state index in [1.807, 2.05) is 6.07 Å². The summed E-state index contributed by atoms with van der Waals surface area (Å²) in [5.41, 5.74) is 1.07. The molecule has 1 heterocycles. The first kappa shape index (κ1) is 14.5. The van der Waals surface area contributed by atoms with E-state index in [-0.39, 0.29) is 11.5 Å². The number of aromatic nitrogens is 2. The molecule has 1 aromatic carbocycles. The van der Waals surface area contributed by atoms with Crippen LogP contribution in [0.25, 0.3) is 0 Å². The standard InChI is InChI=1S/C15H14N4O2/c16-10-12-3-5-13(6-4-12)18-14(20)2-1-9-19-11-17-8-7-15(19)21/h3-8,11H,1-2,9H2,(H,18,20). The number of carbonyl (C=O) groups excluding carboxylic acids is 1. The van der Waals surface area contributed by atoms with Crippen molar-refractivity contribution in [2.45, 2.75) is 19.4 Å². The third-order valence-electron chi connectivity index (χ3n) is 2.89. The van der Waals surface area contributed by atoms with Crippen LogP contribution in [-0.2, 0) is 11.3 Å². The smallest absolute Gasteiger partial charge is 0.253 e. The van der Waals surface area contributed by atoms with Gasteiger partial charge in [0, 0.05) is 30.9 Å². The van der Waals surface area contributed by atoms with Gasteiger partial charge in [0.15, 0.2) is 0 Å². The molecule has 0 bridgehead atoms. The van der Waals surface area contributed by atoms with Crippen LogP contribution in [0, 0.1) is 11.3 Å². The van der Waals surface area contributed by atoms with E-state index >= 15 is 0 Å². The molecular weight excluding hydrogens is 268 g/mol. The summed E-state index contributed by atoms with van der Waals surface area (Å²) in [6, 6.07) is 10.1. The van der Waals surface area contributed by atoms with Crippen molar-refractivity contribution < 1.29 is 4.79 Å². The molecule has 21 heavy (non-hydrogen) atoms. The molecule has 0 aliphatic heterocycles. The van der Waals surface area contributed by atoms with Crippen molar-refractivity contribution in [1.82, 2.24) is 9.55 Å². The largest absolute Gasteiger partial charge is 0.326 e. The second-order valence-electron chi connectivity index (χ2n) is 4.45. The molecule has 1 N–H and O–H groups in total. The number of hydrogen-bond donors (Lipinski definition) is 1. The van der Waals surface area contributed by atoms with E-state index in [1.165, 1.54) is 23.2 Å². The van der Waals surface area contributed by atoms with Crippen molar-refractivity contribution in [2.75, 3.05) is 5.32 Å². The van der Waals surface area contributed by atoms with Crippen LogP contribution in [0.2, 0.25) is 0 Å². The maximum absolute atomic E-state index is 11.8. The number of hydrogen-bond acceptors (Lipinski definition) is 4. The fourth-order valence-corrected chi connectivity index (χ4v) is 1.81. The van der Waals surface area contributed by atoms with Gasteiger partial charge < -0.3 is 5.32 Å². The first-order valence-electron chi connectivity index (χ1n) is 6.49. The first-order chi connectivity index (χ1) is 10.2. The van der Waals surface area contributed by atoms with Gasteiger partial charge in [-0.25, -0.2) is 4.98 Å². The Hall–Kier alpha value is -2.94. The Balaban J connectivity index is 1.81. The molecule has 1 aromatic heterocycles. The van der Waals surface area contributed by atoms with Gasteiger partial charge in [0.05, 0.1) is 18.0 Å². The van der Waals surface area contributed by atoms with Gasteiger partial charge in [0.25, 0.3) is 5.56 Å². The second-order valence-corrected chi connectivity index (χ2v) is 4.45. The average Bonchev–Trinajstić information content (AvgIpc) is 2.50. The van der Waals surface area contributed by atoms with Gasteiger partial charge in [0.2, 0.25) is 5.91 Å². The minimum absolute atomic E-state index is 0.127. The maximum atomic E-state index is 11.8. The fraction of sp³-hybridized carbons (Fsp3) is 0.200. The molecule has 1 amide bonds. The zero-order chi connectivity index (χ0) is 15.1. The maximum Gasteiger partial charge on any atom is 0.253 e. The molecule has 0 fully saturated rings. The monoisotopic (exact) mass is 282 g/mol. The highest BCUT2D eigenvalue weighted by Gasteiger charge is 2.03. The van der Waals surface area contributed by atoms with Gasteiger partial charge in [-0.15, -0.1) is 0 Å². The number of aryl methyl sites for hydroxylation is 1. The molecule has 0 saturated heterocycles. The predicted molar refractivity (Wildman–Crippen MR) is 77.5 cm³/mol. The second kappa shape index (κ2) is 7.01. The molecule has 0 unspecified atom stereocenters. The summed E-state index contributed by atoms with van der Waals surface area (Å²) in [6.07, 6.45) is 3.76. The van der Waals surface area contributed by atoms with Crippen LogP contribution >= 0.6 is 0 Å². The van der Waals surface area contributed by atoms with Crippen molar-refractivity contribution in [3.05, 3.63) is 58.8 Å². The quantitative estimate of drug-likeness (QED) is 0.900. The lowest BCUT2D eigenvalue weighted by Crippen LogP contribution is -2.20. The highest BCUT2D eigenvalue weighted by atomic mass is 16.1. The molecule has 6 nitrogen and oxygen atoms in total. The zero-order valence-electron chi connectivity index (χ0n) is 11.3. The molecule has 0 spiro atoms. The number of nitrogens with one attached hydrogen (secondary N) is 1. The number of nitrogens with zero attached hydrogens (tertiary/aromatic N) is 3. The van der Waals surface area contributed by atoms with Crippen LogP contribution in [-0.4, -0.2) is 15.5 Å². The van der Waals surface area contributed by atoms with Gasteiger partial charge in [-0.1, -0.05) is 0 Å². The number of anilines is 1. The van der Waals surface area contributed by atoms with Crippen LogP contribution in [0.4, 0.5) is 5.69 Å². The summed E-state index contributed by atoms with van der Waals surface area (Å²) in [4.78, 5) is 27.1. The van der Waals surface area contributed by atoms with E-state index in [4.69, 9.17) is 5.26 Å². The van der Waals surface area contributed by atoms with Gasteiger partial charge in [-0.05, 0) is 30.7 Å². The molecule has 0 atom stereocenters. The Morgan fingerprint density at radius 1 is 1.29 bits per heavy atom. The lowest BCUT2D eigenvalue weighted by molar-refractivity contribution is -0.116. The van der Waals surface area contributed by atoms with Gasteiger partial charge >= 0.3 is 0 Å². The third kappa shape index (κ3) is 4.28. The molecule has 0 aliphatic rings. The van der Waals surface area contributed by atoms with Crippen molar-refractivity contribution in [2.24, 2.45) is 0 Å². The molecule has 0 saturated carbocycles. The van der Waals surface area contributed by atoms with Gasteiger partial charge in [-0.3, -0.25) is 14.2 Å². The lowest BCUT2D eigenvalue weighted by atomic mass is 10.2. The van der Waals surface area contributed by atoms with Gasteiger partial charge in [0.1, 0.15) is 0 Å². The Morgan fingerprint density at radius 3 is 2.71 bits per heavy atom. The Bertz CT molecular complexity index is 713. The minimum atomic E-state index is -0.128. The van der Waals surface area contributed by atoms with Crippen LogP contribution in [0.15, 0.2) is 47.7 Å². The van der Waals surface area contributed by atoms with Crippen LogP contribution in [0.3, 0.4) is 0 Å². The number of rotatable bonds is 5. The van der Waals surface area contributed by atoms with Gasteiger partial charge in [-0.2, -0.15) is 5.26 Å². The molecule has 6 heteroatoms. The van der Waals surface area contributed by atoms with E-state index in [1.54, 1.807) is 24.3 Å². The summed E-state index contributed by atoms with van der Waals surface area (Å²) in [5.74, 6) is -0.128. The predicted octanol–water partition coefficient (Wildman–Crippen LogP) is 1.53. The molecule has 2 rings (SSSR count). The van der Waals surface area contributed by atoms with E-state index in [9.17, 15) is 9.59 Å². The summed E-state index contributed by atoms with van der Waals surface area (Å²) in [5, 5.41) is 11.4. The summed E-state index contributed by atoms with van der Waals surface area (Å²) >= 11 is 0. The van der Waals surface area contributed by atoms with E-state index in [2.05, 4.69) is 10.3 Å². The fourth-order valence-electron chi connectivity index (χ4n) is 1.81. The molecule has 2 aromatic rings. The summed E-state index contributed by atoms with van der Waals surface area (Å²) < 4.78 is 1.47. The Kier molecular flexibility index (Phi) is 4.83. The zero-order valence-corrected chi connectivity index (χ0v) is 11.3. The SMILES string of the molecule is N#Cc1ccc(NC(=O)CCCn2cnccc2=O)cc1. The van der Waals surface area contributed by atoms with E-state index in [0.29, 0.717) is 30.6 Å². The first-order valence-corrected chi connectivity index (χ1v) is 6.49. The van der Waals surface area contributed by atoms with Crippen LogP contribution < -0.4 is 10.9 Å². The third-order valence-corrected chi connectivity index (χ3v) is 2.89. The van der Waals surface area contributed by atoms with Crippen molar-refractivity contribution >= 4 is 11.6 Å². The minimum Gasteiger partial charge on any atom is -0.326 e. The lowest BCUT2D eigenvalue weighted by Gasteiger charge is -2.06. The topological polar surface area (TPSA) is 87.8 Å². The number of nitriles is 1. The molecule has 0 aliphatic carbocycles. The van der Waals surface area contributed by atoms with Crippen molar-refractivity contribution in [3.8, 4) is 6.07 Å².